The third kappa shape index (κ3) is 3.37. The highest BCUT2D eigenvalue weighted by Gasteiger charge is 2.37. The number of carboxylic acids is 1. The first-order chi connectivity index (χ1) is 9.04. The Labute approximate surface area is 112 Å². The maximum Gasteiger partial charge on any atom is 0.315 e. The van der Waals surface area contributed by atoms with Gasteiger partial charge in [0.05, 0.1) is 11.5 Å². The van der Waals surface area contributed by atoms with E-state index in [0.29, 0.717) is 19.4 Å². The maximum absolute atomic E-state index is 11.8. The Morgan fingerprint density at radius 3 is 2.58 bits per heavy atom. The second-order valence-corrected chi connectivity index (χ2v) is 5.61. The van der Waals surface area contributed by atoms with E-state index in [2.05, 4.69) is 10.6 Å². The van der Waals surface area contributed by atoms with Gasteiger partial charge in [-0.3, -0.25) is 4.79 Å². The molecule has 0 radical (unpaired) electrons. The largest absolute Gasteiger partial charge is 0.481 e. The lowest BCUT2D eigenvalue weighted by Gasteiger charge is -2.40. The summed E-state index contributed by atoms with van der Waals surface area (Å²) in [5.74, 6) is -1.08. The molecule has 0 aliphatic heterocycles. The molecule has 0 spiro atoms. The Morgan fingerprint density at radius 2 is 2.11 bits per heavy atom. The number of rotatable bonds is 5. The molecular formula is C13H22N2O4. The van der Waals surface area contributed by atoms with Gasteiger partial charge in [-0.15, -0.1) is 0 Å². The zero-order valence-corrected chi connectivity index (χ0v) is 11.3. The van der Waals surface area contributed by atoms with E-state index in [1.807, 2.05) is 0 Å². The molecule has 0 aromatic carbocycles. The summed E-state index contributed by atoms with van der Waals surface area (Å²) in [4.78, 5) is 22.6. The van der Waals surface area contributed by atoms with Gasteiger partial charge in [-0.1, -0.05) is 0 Å². The van der Waals surface area contributed by atoms with Crippen molar-refractivity contribution in [3.05, 3.63) is 0 Å². The number of nitrogens with one attached hydrogen (secondary N) is 2. The van der Waals surface area contributed by atoms with Crippen molar-refractivity contribution in [1.29, 1.82) is 0 Å². The second kappa shape index (κ2) is 5.77. The number of ether oxygens (including phenoxy) is 1. The van der Waals surface area contributed by atoms with Crippen molar-refractivity contribution in [2.75, 3.05) is 13.7 Å². The highest BCUT2D eigenvalue weighted by atomic mass is 16.5. The zero-order valence-electron chi connectivity index (χ0n) is 11.3. The lowest BCUT2D eigenvalue weighted by atomic mass is 9.80. The molecule has 0 saturated heterocycles. The fraction of sp³-hybridized carbons (Fsp3) is 0.846. The summed E-state index contributed by atoms with van der Waals surface area (Å²) < 4.78 is 5.42. The predicted molar refractivity (Wildman–Crippen MR) is 68.9 cm³/mol. The topological polar surface area (TPSA) is 87.7 Å². The van der Waals surface area contributed by atoms with Crippen molar-refractivity contribution in [2.24, 2.45) is 5.92 Å². The first-order valence-corrected chi connectivity index (χ1v) is 6.87. The van der Waals surface area contributed by atoms with Crippen molar-refractivity contribution >= 4 is 12.0 Å². The summed E-state index contributed by atoms with van der Waals surface area (Å²) in [6, 6.07) is -0.250. The van der Waals surface area contributed by atoms with Crippen LogP contribution in [-0.4, -0.2) is 42.4 Å². The molecule has 2 aliphatic rings. The number of hydrogen-bond acceptors (Lipinski definition) is 3. The number of amides is 2. The Bertz CT molecular complexity index is 349. The highest BCUT2D eigenvalue weighted by Crippen LogP contribution is 2.34. The Hall–Kier alpha value is -1.30. The van der Waals surface area contributed by atoms with E-state index in [9.17, 15) is 9.59 Å². The Kier molecular flexibility index (Phi) is 4.29. The van der Waals surface area contributed by atoms with E-state index in [1.54, 1.807) is 7.11 Å². The first kappa shape index (κ1) is 14.1. The molecule has 0 bridgehead atoms. The van der Waals surface area contributed by atoms with Crippen LogP contribution in [0.2, 0.25) is 0 Å². The minimum Gasteiger partial charge on any atom is -0.481 e. The standard InChI is InChI=1S/C13H22N2O4/c1-19-13(5-2-6-13)8-14-12(18)15-10-4-3-9(7-10)11(16)17/h9-10H,2-8H2,1H3,(H,16,17)(H2,14,15,18)/t9-,10+/m1/s1. The van der Waals surface area contributed by atoms with Gasteiger partial charge < -0.3 is 20.5 Å². The molecule has 2 amide bonds. The molecule has 6 nitrogen and oxygen atoms in total. The fourth-order valence-electron chi connectivity index (χ4n) is 2.84. The van der Waals surface area contributed by atoms with Gasteiger partial charge in [0.1, 0.15) is 0 Å². The molecule has 0 heterocycles. The molecule has 19 heavy (non-hydrogen) atoms. The molecular weight excluding hydrogens is 248 g/mol. The van der Waals surface area contributed by atoms with Gasteiger partial charge >= 0.3 is 12.0 Å². The number of methoxy groups -OCH3 is 1. The van der Waals surface area contributed by atoms with Crippen molar-refractivity contribution in [1.82, 2.24) is 10.6 Å². The van der Waals surface area contributed by atoms with Crippen LogP contribution in [0.4, 0.5) is 4.79 Å². The zero-order chi connectivity index (χ0) is 13.9. The van der Waals surface area contributed by atoms with E-state index >= 15 is 0 Å². The monoisotopic (exact) mass is 270 g/mol. The van der Waals surface area contributed by atoms with Crippen molar-refractivity contribution in [3.63, 3.8) is 0 Å². The molecule has 2 rings (SSSR count). The number of carbonyl (C=O) groups excluding carboxylic acids is 1. The second-order valence-electron chi connectivity index (χ2n) is 5.61. The summed E-state index contributed by atoms with van der Waals surface area (Å²) in [5.41, 5.74) is -0.184. The fourth-order valence-corrected chi connectivity index (χ4v) is 2.84. The molecule has 0 aromatic rings. The third-order valence-corrected chi connectivity index (χ3v) is 4.39. The minimum absolute atomic E-state index is 0.0269. The van der Waals surface area contributed by atoms with Crippen LogP contribution in [0.25, 0.3) is 0 Å². The first-order valence-electron chi connectivity index (χ1n) is 6.87. The molecule has 3 N–H and O–H groups in total. The summed E-state index contributed by atoms with van der Waals surface area (Å²) in [7, 11) is 1.67. The number of carboxylic acid groups (broad SMARTS) is 1. The molecule has 2 saturated carbocycles. The van der Waals surface area contributed by atoms with Gasteiger partial charge in [0.25, 0.3) is 0 Å². The molecule has 2 atom stereocenters. The molecule has 0 unspecified atom stereocenters. The van der Waals surface area contributed by atoms with Crippen molar-refractivity contribution < 1.29 is 19.4 Å². The van der Waals surface area contributed by atoms with Crippen molar-refractivity contribution in [3.8, 4) is 0 Å². The predicted octanol–water partition coefficient (Wildman–Crippen LogP) is 1.11. The molecule has 2 aliphatic carbocycles. The van der Waals surface area contributed by atoms with Gasteiger partial charge in [0.15, 0.2) is 0 Å². The summed E-state index contributed by atoms with van der Waals surface area (Å²) in [5, 5.41) is 14.6. The van der Waals surface area contributed by atoms with Crippen LogP contribution in [0.15, 0.2) is 0 Å². The van der Waals surface area contributed by atoms with Crippen LogP contribution in [0.1, 0.15) is 38.5 Å². The lowest BCUT2D eigenvalue weighted by molar-refractivity contribution is -0.141. The number of hydrogen-bond donors (Lipinski definition) is 3. The third-order valence-electron chi connectivity index (χ3n) is 4.39. The van der Waals surface area contributed by atoms with Crippen LogP contribution in [0.3, 0.4) is 0 Å². The van der Waals surface area contributed by atoms with E-state index < -0.39 is 5.97 Å². The van der Waals surface area contributed by atoms with Gasteiger partial charge in [-0.05, 0) is 38.5 Å². The molecule has 6 heteroatoms. The van der Waals surface area contributed by atoms with E-state index in [0.717, 1.165) is 25.7 Å². The normalized spacial score (nSPS) is 28.5. The van der Waals surface area contributed by atoms with E-state index in [-0.39, 0.29) is 23.6 Å². The van der Waals surface area contributed by atoms with Crippen LogP contribution in [-0.2, 0) is 9.53 Å². The quantitative estimate of drug-likeness (QED) is 0.698. The Balaban J connectivity index is 1.69. The Morgan fingerprint density at radius 1 is 1.37 bits per heavy atom. The SMILES string of the molecule is COC1(CNC(=O)N[C@H]2CC[C@@H](C(=O)O)C2)CCC1. The smallest absolute Gasteiger partial charge is 0.315 e. The maximum atomic E-state index is 11.8. The van der Waals surface area contributed by atoms with Gasteiger partial charge in [0.2, 0.25) is 0 Å². The lowest BCUT2D eigenvalue weighted by Crippen LogP contribution is -2.52. The molecule has 2 fully saturated rings. The number of carbonyl (C=O) groups is 2. The summed E-state index contributed by atoms with van der Waals surface area (Å²) in [6.07, 6.45) is 5.00. The summed E-state index contributed by atoms with van der Waals surface area (Å²) >= 11 is 0. The van der Waals surface area contributed by atoms with Gasteiger partial charge in [0, 0.05) is 19.7 Å². The van der Waals surface area contributed by atoms with Gasteiger partial charge in [-0.2, -0.15) is 0 Å². The summed E-state index contributed by atoms with van der Waals surface area (Å²) in [6.45, 7) is 0.518. The number of urea groups is 1. The highest BCUT2D eigenvalue weighted by molar-refractivity contribution is 5.75. The molecule has 108 valence electrons. The van der Waals surface area contributed by atoms with Crippen molar-refractivity contribution in [2.45, 2.75) is 50.2 Å². The van der Waals surface area contributed by atoms with Gasteiger partial charge in [-0.25, -0.2) is 4.79 Å². The van der Waals surface area contributed by atoms with E-state index in [4.69, 9.17) is 9.84 Å². The van der Waals surface area contributed by atoms with Crippen LogP contribution >= 0.6 is 0 Å². The number of aliphatic carboxylic acids is 1. The van der Waals surface area contributed by atoms with Crippen LogP contribution in [0.5, 0.6) is 0 Å². The van der Waals surface area contributed by atoms with E-state index in [1.165, 1.54) is 0 Å². The van der Waals surface area contributed by atoms with Crippen LogP contribution in [0, 0.1) is 5.92 Å². The minimum atomic E-state index is -0.766. The van der Waals surface area contributed by atoms with Crippen LogP contribution < -0.4 is 10.6 Å². The average molecular weight is 270 g/mol. The average Bonchev–Trinajstić information content (AvgIpc) is 2.77. The molecule has 0 aromatic heterocycles.